The molecule has 1 saturated heterocycles. The molecule has 1 aliphatic heterocycles. The summed E-state index contributed by atoms with van der Waals surface area (Å²) in [6.45, 7) is 3.75. The second kappa shape index (κ2) is 10.1. The number of benzene rings is 1. The third-order valence-electron chi connectivity index (χ3n) is 7.25. The number of methoxy groups -OCH3 is 1. The number of hydrogen-bond donors (Lipinski definition) is 3. The second-order valence-electron chi connectivity index (χ2n) is 9.81. The van der Waals surface area contributed by atoms with Gasteiger partial charge in [-0.3, -0.25) is 4.98 Å². The minimum absolute atomic E-state index is 0.585. The molecule has 4 heterocycles. The van der Waals surface area contributed by atoms with E-state index < -0.39 is 0 Å². The molecule has 2 aliphatic rings. The number of piperidine rings is 1. The number of rotatable bonds is 9. The summed E-state index contributed by atoms with van der Waals surface area (Å²) in [7, 11) is 1.71. The molecule has 1 aliphatic carbocycles. The van der Waals surface area contributed by atoms with Crippen molar-refractivity contribution in [1.29, 1.82) is 0 Å². The van der Waals surface area contributed by atoms with E-state index in [0.29, 0.717) is 18.4 Å². The number of pyridine rings is 1. The molecule has 2 fully saturated rings. The number of hydrogen-bond acceptors (Lipinski definition) is 7. The van der Waals surface area contributed by atoms with Crippen molar-refractivity contribution < 1.29 is 4.74 Å². The molecule has 186 valence electrons. The summed E-state index contributed by atoms with van der Waals surface area (Å²) in [5, 5.41) is 15.4. The molecule has 8 nitrogen and oxygen atoms in total. The normalized spacial score (nSPS) is 16.2. The Hall–Kier alpha value is -3.65. The van der Waals surface area contributed by atoms with Crippen molar-refractivity contribution in [2.24, 2.45) is 5.92 Å². The Morgan fingerprint density at radius 3 is 2.72 bits per heavy atom. The van der Waals surface area contributed by atoms with Gasteiger partial charge in [0.1, 0.15) is 17.4 Å². The van der Waals surface area contributed by atoms with E-state index in [1.807, 2.05) is 41.2 Å². The van der Waals surface area contributed by atoms with E-state index in [1.165, 1.54) is 31.2 Å². The van der Waals surface area contributed by atoms with Gasteiger partial charge in [0.25, 0.3) is 0 Å². The second-order valence-corrected chi connectivity index (χ2v) is 9.81. The Morgan fingerprint density at radius 1 is 1.06 bits per heavy atom. The highest BCUT2D eigenvalue weighted by Gasteiger charge is 2.28. The Balaban J connectivity index is 1.25. The fraction of sp³-hybridized carbons (Fsp3) is 0.393. The van der Waals surface area contributed by atoms with Gasteiger partial charge < -0.3 is 20.7 Å². The highest BCUT2D eigenvalue weighted by molar-refractivity contribution is 5.64. The molecule has 3 aromatic heterocycles. The van der Waals surface area contributed by atoms with Crippen molar-refractivity contribution in [2.45, 2.75) is 38.1 Å². The van der Waals surface area contributed by atoms with Gasteiger partial charge in [0.15, 0.2) is 5.65 Å². The van der Waals surface area contributed by atoms with E-state index in [0.717, 1.165) is 59.5 Å². The zero-order valence-electron chi connectivity index (χ0n) is 20.7. The van der Waals surface area contributed by atoms with Crippen LogP contribution in [0.25, 0.3) is 16.9 Å². The first kappa shape index (κ1) is 22.8. The van der Waals surface area contributed by atoms with Crippen LogP contribution in [0.1, 0.15) is 42.7 Å². The van der Waals surface area contributed by atoms with Crippen LogP contribution < -0.4 is 20.7 Å². The largest absolute Gasteiger partial charge is 0.496 e. The van der Waals surface area contributed by atoms with Crippen molar-refractivity contribution in [3.8, 4) is 17.0 Å². The average Bonchev–Trinajstić information content (AvgIpc) is 3.70. The Labute approximate surface area is 211 Å². The lowest BCUT2D eigenvalue weighted by Gasteiger charge is -2.23. The van der Waals surface area contributed by atoms with Crippen LogP contribution in [0.2, 0.25) is 0 Å². The minimum Gasteiger partial charge on any atom is -0.496 e. The Bertz CT molecular complexity index is 1330. The summed E-state index contributed by atoms with van der Waals surface area (Å²) in [4.78, 5) is 9.44. The fourth-order valence-corrected chi connectivity index (χ4v) is 4.98. The molecule has 4 aromatic rings. The molecule has 1 aromatic carbocycles. The van der Waals surface area contributed by atoms with Crippen LogP contribution in [0.15, 0.2) is 54.9 Å². The predicted molar refractivity (Wildman–Crippen MR) is 143 cm³/mol. The van der Waals surface area contributed by atoms with Gasteiger partial charge in [-0.05, 0) is 68.8 Å². The van der Waals surface area contributed by atoms with Crippen LogP contribution in [0.3, 0.4) is 0 Å². The van der Waals surface area contributed by atoms with Crippen molar-refractivity contribution >= 4 is 17.3 Å². The van der Waals surface area contributed by atoms with E-state index in [9.17, 15) is 0 Å². The Morgan fingerprint density at radius 2 is 1.94 bits per heavy atom. The SMILES string of the molecule is COc1cc(-c2ccccn2)ccc1CNc1cc(NCC2CCNCC2)nc2c(C3CC3)cnn12. The van der Waals surface area contributed by atoms with Gasteiger partial charge in [0.2, 0.25) is 0 Å². The van der Waals surface area contributed by atoms with Gasteiger partial charge in [0.05, 0.1) is 19.0 Å². The quantitative estimate of drug-likeness (QED) is 0.318. The van der Waals surface area contributed by atoms with Crippen LogP contribution in [-0.2, 0) is 6.54 Å². The molecule has 1 saturated carbocycles. The molecule has 36 heavy (non-hydrogen) atoms. The average molecular weight is 484 g/mol. The van der Waals surface area contributed by atoms with Crippen LogP contribution >= 0.6 is 0 Å². The van der Waals surface area contributed by atoms with Crippen molar-refractivity contribution in [2.75, 3.05) is 37.4 Å². The summed E-state index contributed by atoms with van der Waals surface area (Å²) in [5.41, 5.74) is 5.24. The number of fused-ring (bicyclic) bond motifs is 1. The monoisotopic (exact) mass is 483 g/mol. The highest BCUT2D eigenvalue weighted by atomic mass is 16.5. The van der Waals surface area contributed by atoms with Crippen LogP contribution in [0.4, 0.5) is 11.6 Å². The van der Waals surface area contributed by atoms with Gasteiger partial charge >= 0.3 is 0 Å². The lowest BCUT2D eigenvalue weighted by atomic mass is 9.98. The summed E-state index contributed by atoms with van der Waals surface area (Å²) in [5.74, 6) is 3.93. The van der Waals surface area contributed by atoms with E-state index >= 15 is 0 Å². The number of aromatic nitrogens is 4. The molecule has 0 amide bonds. The Kier molecular flexibility index (Phi) is 6.42. The maximum Gasteiger partial charge on any atom is 0.163 e. The van der Waals surface area contributed by atoms with Gasteiger partial charge in [-0.1, -0.05) is 18.2 Å². The fourth-order valence-electron chi connectivity index (χ4n) is 4.98. The zero-order chi connectivity index (χ0) is 24.3. The number of nitrogens with zero attached hydrogens (tertiary/aromatic N) is 4. The lowest BCUT2D eigenvalue weighted by Crippen LogP contribution is -2.31. The van der Waals surface area contributed by atoms with Gasteiger partial charge in [-0.25, -0.2) is 4.98 Å². The predicted octanol–water partition coefficient (Wildman–Crippen LogP) is 4.70. The van der Waals surface area contributed by atoms with Crippen molar-refractivity contribution in [3.05, 3.63) is 66.0 Å². The first-order chi connectivity index (χ1) is 17.8. The first-order valence-electron chi connectivity index (χ1n) is 12.9. The molecule has 0 unspecified atom stereocenters. The van der Waals surface area contributed by atoms with E-state index in [2.05, 4.69) is 39.1 Å². The van der Waals surface area contributed by atoms with E-state index in [-0.39, 0.29) is 0 Å². The zero-order valence-corrected chi connectivity index (χ0v) is 20.7. The standard InChI is InChI=1S/C28H33N7O/c1-36-25-14-21(24-4-2-3-11-30-24)7-8-22(25)17-32-27-15-26(31-16-19-9-12-29-13-10-19)34-28-23(20-5-6-20)18-33-35(27)28/h2-4,7-8,11,14-15,18-20,29,32H,5-6,9-10,12-13,16-17H2,1H3,(H,31,34). The topological polar surface area (TPSA) is 88.4 Å². The van der Waals surface area contributed by atoms with E-state index in [4.69, 9.17) is 14.8 Å². The smallest absolute Gasteiger partial charge is 0.163 e. The molecule has 0 atom stereocenters. The number of ether oxygens (including phenoxy) is 1. The molecule has 3 N–H and O–H groups in total. The highest BCUT2D eigenvalue weighted by Crippen LogP contribution is 2.42. The minimum atomic E-state index is 0.585. The van der Waals surface area contributed by atoms with Crippen LogP contribution in [0.5, 0.6) is 5.75 Å². The maximum absolute atomic E-state index is 5.74. The van der Waals surface area contributed by atoms with Crippen LogP contribution in [-0.4, -0.2) is 46.3 Å². The summed E-state index contributed by atoms with van der Waals surface area (Å²) >= 11 is 0. The van der Waals surface area contributed by atoms with Gasteiger partial charge in [-0.2, -0.15) is 9.61 Å². The lowest BCUT2D eigenvalue weighted by molar-refractivity contribution is 0.389. The molecule has 0 bridgehead atoms. The summed E-state index contributed by atoms with van der Waals surface area (Å²) in [6, 6.07) is 14.2. The third kappa shape index (κ3) is 4.86. The molecule has 8 heteroatoms. The molecular formula is C28H33N7O. The summed E-state index contributed by atoms with van der Waals surface area (Å²) in [6.07, 6.45) is 8.65. The van der Waals surface area contributed by atoms with Crippen LogP contribution in [0, 0.1) is 5.92 Å². The van der Waals surface area contributed by atoms with Gasteiger partial charge in [0, 0.05) is 42.0 Å². The molecule has 6 rings (SSSR count). The third-order valence-corrected chi connectivity index (χ3v) is 7.25. The van der Waals surface area contributed by atoms with Crippen molar-refractivity contribution in [3.63, 3.8) is 0 Å². The van der Waals surface area contributed by atoms with E-state index in [1.54, 1.807) is 7.11 Å². The maximum atomic E-state index is 5.74. The molecular weight excluding hydrogens is 450 g/mol. The number of anilines is 2. The number of nitrogens with one attached hydrogen (secondary N) is 3. The summed E-state index contributed by atoms with van der Waals surface area (Å²) < 4.78 is 7.68. The molecule has 0 spiro atoms. The van der Waals surface area contributed by atoms with Gasteiger partial charge in [-0.15, -0.1) is 0 Å². The van der Waals surface area contributed by atoms with Crippen molar-refractivity contribution in [1.82, 2.24) is 24.9 Å². The first-order valence-corrected chi connectivity index (χ1v) is 12.9. The molecule has 0 radical (unpaired) electrons.